The van der Waals surface area contributed by atoms with E-state index in [1.54, 1.807) is 0 Å². The Morgan fingerprint density at radius 1 is 1.00 bits per heavy atom. The Morgan fingerprint density at radius 3 is 1.82 bits per heavy atom. The third-order valence-corrected chi connectivity index (χ3v) is 1.66. The molecule has 0 saturated carbocycles. The third-order valence-electron chi connectivity index (χ3n) is 1.66. The van der Waals surface area contributed by atoms with Gasteiger partial charge in [-0.25, -0.2) is 0 Å². The number of para-hydroxylation sites is 1. The lowest BCUT2D eigenvalue weighted by atomic mass is 10.2. The standard InChI is InChI=1S/C10H14O.C4H8.C2H6/c1-9(2)8-11-10-6-4-3-5-7-10;1-3-4-2;1-2/h3-7,9H,8H2,1-2H3;3-4H,1-2H3;1-2H3. The quantitative estimate of drug-likeness (QED) is 0.644. The van der Waals surface area contributed by atoms with E-state index in [1.807, 2.05) is 70.2 Å². The first-order valence-electron chi connectivity index (χ1n) is 6.45. The Labute approximate surface area is 108 Å². The van der Waals surface area contributed by atoms with Gasteiger partial charge in [0, 0.05) is 0 Å². The van der Waals surface area contributed by atoms with Gasteiger partial charge in [-0.2, -0.15) is 0 Å². The molecule has 0 saturated heterocycles. The molecular formula is C16H28O. The summed E-state index contributed by atoms with van der Waals surface area (Å²) in [5, 5.41) is 0. The van der Waals surface area contributed by atoms with Crippen molar-refractivity contribution in [2.75, 3.05) is 6.61 Å². The minimum Gasteiger partial charge on any atom is -0.493 e. The maximum Gasteiger partial charge on any atom is 0.119 e. The van der Waals surface area contributed by atoms with Gasteiger partial charge in [0.1, 0.15) is 5.75 Å². The number of rotatable bonds is 3. The monoisotopic (exact) mass is 236 g/mol. The molecule has 0 atom stereocenters. The molecule has 98 valence electrons. The first kappa shape index (κ1) is 18.1. The lowest BCUT2D eigenvalue weighted by Crippen LogP contribution is -2.03. The van der Waals surface area contributed by atoms with Crippen molar-refractivity contribution in [1.82, 2.24) is 0 Å². The smallest absolute Gasteiger partial charge is 0.119 e. The van der Waals surface area contributed by atoms with Crippen molar-refractivity contribution in [3.63, 3.8) is 0 Å². The highest BCUT2D eigenvalue weighted by molar-refractivity contribution is 5.20. The molecule has 0 aliphatic rings. The molecule has 17 heavy (non-hydrogen) atoms. The average molecular weight is 236 g/mol. The van der Waals surface area contributed by atoms with Crippen molar-refractivity contribution < 1.29 is 4.74 Å². The summed E-state index contributed by atoms with van der Waals surface area (Å²) < 4.78 is 5.47. The van der Waals surface area contributed by atoms with Gasteiger partial charge < -0.3 is 4.74 Å². The van der Waals surface area contributed by atoms with Gasteiger partial charge in [-0.15, -0.1) is 0 Å². The average Bonchev–Trinajstić information content (AvgIpc) is 2.40. The number of benzene rings is 1. The van der Waals surface area contributed by atoms with E-state index >= 15 is 0 Å². The highest BCUT2D eigenvalue weighted by Gasteiger charge is 1.94. The van der Waals surface area contributed by atoms with Gasteiger partial charge in [0.2, 0.25) is 0 Å². The number of ether oxygens (including phenoxy) is 1. The molecule has 0 N–H and O–H groups in total. The summed E-state index contributed by atoms with van der Waals surface area (Å²) in [7, 11) is 0. The number of allylic oxidation sites excluding steroid dienone is 2. The fourth-order valence-electron chi connectivity index (χ4n) is 0.780. The van der Waals surface area contributed by atoms with Gasteiger partial charge in [-0.3, -0.25) is 0 Å². The Morgan fingerprint density at radius 2 is 1.47 bits per heavy atom. The van der Waals surface area contributed by atoms with E-state index in [-0.39, 0.29) is 0 Å². The van der Waals surface area contributed by atoms with Gasteiger partial charge in [0.15, 0.2) is 0 Å². The second-order valence-corrected chi connectivity index (χ2v) is 3.68. The maximum atomic E-state index is 5.47. The molecule has 0 spiro atoms. The molecule has 1 aromatic rings. The van der Waals surface area contributed by atoms with Gasteiger partial charge in [-0.05, 0) is 31.9 Å². The zero-order valence-electron chi connectivity index (χ0n) is 12.2. The first-order valence-corrected chi connectivity index (χ1v) is 6.45. The zero-order chi connectivity index (χ0) is 13.5. The van der Waals surface area contributed by atoms with Crippen LogP contribution >= 0.6 is 0 Å². The Kier molecular flexibility index (Phi) is 15.7. The predicted octanol–water partition coefficient (Wildman–Crippen LogP) is 5.33. The van der Waals surface area contributed by atoms with E-state index in [0.717, 1.165) is 12.4 Å². The van der Waals surface area contributed by atoms with Crippen molar-refractivity contribution >= 4 is 0 Å². The molecule has 0 radical (unpaired) electrons. The van der Waals surface area contributed by atoms with Crippen LogP contribution in [0.1, 0.15) is 41.5 Å². The van der Waals surface area contributed by atoms with Crippen molar-refractivity contribution in [3.8, 4) is 5.75 Å². The lowest BCUT2D eigenvalue weighted by Gasteiger charge is -2.07. The lowest BCUT2D eigenvalue weighted by molar-refractivity contribution is 0.271. The van der Waals surface area contributed by atoms with E-state index in [4.69, 9.17) is 4.74 Å². The Balaban J connectivity index is 0. The van der Waals surface area contributed by atoms with Crippen LogP contribution in [0.15, 0.2) is 42.5 Å². The highest BCUT2D eigenvalue weighted by atomic mass is 16.5. The SMILES string of the molecule is CC.CC(C)COc1ccccc1.CC=CC. The zero-order valence-corrected chi connectivity index (χ0v) is 12.2. The highest BCUT2D eigenvalue weighted by Crippen LogP contribution is 2.09. The normalized spacial score (nSPS) is 9.12. The van der Waals surface area contributed by atoms with E-state index in [0.29, 0.717) is 5.92 Å². The van der Waals surface area contributed by atoms with E-state index < -0.39 is 0 Å². The van der Waals surface area contributed by atoms with E-state index in [2.05, 4.69) is 13.8 Å². The third kappa shape index (κ3) is 14.8. The molecule has 0 amide bonds. The minimum atomic E-state index is 0.593. The Bertz CT molecular complexity index is 245. The molecule has 0 bridgehead atoms. The largest absolute Gasteiger partial charge is 0.493 e. The van der Waals surface area contributed by atoms with Crippen LogP contribution in [0.25, 0.3) is 0 Å². The van der Waals surface area contributed by atoms with E-state index in [1.165, 1.54) is 0 Å². The predicted molar refractivity (Wildman–Crippen MR) is 78.6 cm³/mol. The summed E-state index contributed by atoms with van der Waals surface area (Å²) in [4.78, 5) is 0. The van der Waals surface area contributed by atoms with Crippen molar-refractivity contribution in [1.29, 1.82) is 0 Å². The molecule has 0 fully saturated rings. The summed E-state index contributed by atoms with van der Waals surface area (Å²) in [6, 6.07) is 9.90. The number of hydrogen-bond donors (Lipinski definition) is 0. The van der Waals surface area contributed by atoms with Crippen LogP contribution in [0.4, 0.5) is 0 Å². The second kappa shape index (κ2) is 14.8. The van der Waals surface area contributed by atoms with Crippen LogP contribution in [0.2, 0.25) is 0 Å². The van der Waals surface area contributed by atoms with Gasteiger partial charge >= 0.3 is 0 Å². The molecule has 1 aromatic carbocycles. The van der Waals surface area contributed by atoms with Crippen LogP contribution in [-0.2, 0) is 0 Å². The summed E-state index contributed by atoms with van der Waals surface area (Å²) in [5.41, 5.74) is 0. The van der Waals surface area contributed by atoms with Crippen molar-refractivity contribution in [3.05, 3.63) is 42.5 Å². The molecule has 0 aliphatic carbocycles. The van der Waals surface area contributed by atoms with Crippen LogP contribution in [0.5, 0.6) is 5.75 Å². The molecule has 0 heterocycles. The van der Waals surface area contributed by atoms with Crippen LogP contribution in [0.3, 0.4) is 0 Å². The summed E-state index contributed by atoms with van der Waals surface area (Å²) in [6.07, 6.45) is 4.00. The summed E-state index contributed by atoms with van der Waals surface area (Å²) in [5.74, 6) is 1.55. The summed E-state index contributed by atoms with van der Waals surface area (Å²) >= 11 is 0. The molecular weight excluding hydrogens is 208 g/mol. The molecule has 1 nitrogen and oxygen atoms in total. The topological polar surface area (TPSA) is 9.23 Å². The van der Waals surface area contributed by atoms with Gasteiger partial charge in [0.25, 0.3) is 0 Å². The fraction of sp³-hybridized carbons (Fsp3) is 0.500. The molecule has 0 unspecified atom stereocenters. The molecule has 1 heteroatoms. The number of hydrogen-bond acceptors (Lipinski definition) is 1. The van der Waals surface area contributed by atoms with Crippen LogP contribution < -0.4 is 4.74 Å². The first-order chi connectivity index (χ1) is 8.20. The fourth-order valence-corrected chi connectivity index (χ4v) is 0.780. The molecule has 0 aromatic heterocycles. The minimum absolute atomic E-state index is 0.593. The van der Waals surface area contributed by atoms with Crippen LogP contribution in [0, 0.1) is 5.92 Å². The van der Waals surface area contributed by atoms with E-state index in [9.17, 15) is 0 Å². The van der Waals surface area contributed by atoms with Crippen molar-refractivity contribution in [2.45, 2.75) is 41.5 Å². The van der Waals surface area contributed by atoms with Crippen molar-refractivity contribution in [2.24, 2.45) is 5.92 Å². The second-order valence-electron chi connectivity index (χ2n) is 3.68. The maximum absolute atomic E-state index is 5.47. The van der Waals surface area contributed by atoms with Gasteiger partial charge in [-0.1, -0.05) is 58.0 Å². The van der Waals surface area contributed by atoms with Crippen LogP contribution in [-0.4, -0.2) is 6.61 Å². The summed E-state index contributed by atoms with van der Waals surface area (Å²) in [6.45, 7) is 13.1. The Hall–Kier alpha value is -1.24. The van der Waals surface area contributed by atoms with Gasteiger partial charge in [0.05, 0.1) is 6.61 Å². The molecule has 0 aliphatic heterocycles. The molecule has 1 rings (SSSR count).